The molecule has 0 saturated heterocycles. The lowest BCUT2D eigenvalue weighted by Gasteiger charge is -2.25. The molecule has 1 unspecified atom stereocenters. The summed E-state index contributed by atoms with van der Waals surface area (Å²) >= 11 is 0. The molecule has 34 heavy (non-hydrogen) atoms. The normalized spacial score (nSPS) is 14.4. The Labute approximate surface area is 202 Å². The molecule has 1 N–H and O–H groups in total. The molecule has 1 aliphatic carbocycles. The number of nitrogens with zero attached hydrogens (tertiary/aromatic N) is 3. The maximum absolute atomic E-state index is 10.6. The fourth-order valence-electron chi connectivity index (χ4n) is 4.10. The van der Waals surface area contributed by atoms with Gasteiger partial charge in [-0.15, -0.1) is 6.58 Å². The van der Waals surface area contributed by atoms with E-state index in [0.29, 0.717) is 32.2 Å². The van der Waals surface area contributed by atoms with Crippen LogP contribution in [0.5, 0.6) is 11.6 Å². The van der Waals surface area contributed by atoms with Gasteiger partial charge in [0.25, 0.3) is 0 Å². The van der Waals surface area contributed by atoms with Crippen LogP contribution in [0.15, 0.2) is 67.3 Å². The predicted octanol–water partition coefficient (Wildman–Crippen LogP) is 4.96. The van der Waals surface area contributed by atoms with Crippen molar-refractivity contribution in [2.75, 3.05) is 26.3 Å². The second-order valence-electron chi connectivity index (χ2n) is 9.15. The molecule has 1 aliphatic rings. The molecule has 1 atom stereocenters. The van der Waals surface area contributed by atoms with Gasteiger partial charge < -0.3 is 14.6 Å². The average molecular weight is 462 g/mol. The predicted molar refractivity (Wildman–Crippen MR) is 135 cm³/mol. The first-order valence-electron chi connectivity index (χ1n) is 12.0. The largest absolute Gasteiger partial charge is 0.439 e. The molecule has 0 bridgehead atoms. The number of ether oxygens (including phenoxy) is 2. The lowest BCUT2D eigenvalue weighted by Crippen LogP contribution is -2.36. The summed E-state index contributed by atoms with van der Waals surface area (Å²) in [7, 11) is 1.92. The zero-order chi connectivity index (χ0) is 23.9. The Morgan fingerprint density at radius 2 is 1.91 bits per heavy atom. The summed E-state index contributed by atoms with van der Waals surface area (Å²) in [4.78, 5) is 2.31. The van der Waals surface area contributed by atoms with Gasteiger partial charge in [0.2, 0.25) is 5.88 Å². The van der Waals surface area contributed by atoms with Crippen LogP contribution in [0.3, 0.4) is 0 Å². The van der Waals surface area contributed by atoms with E-state index in [0.717, 1.165) is 35.0 Å². The Balaban J connectivity index is 1.63. The van der Waals surface area contributed by atoms with Crippen molar-refractivity contribution in [3.63, 3.8) is 0 Å². The van der Waals surface area contributed by atoms with Crippen LogP contribution < -0.4 is 4.74 Å². The van der Waals surface area contributed by atoms with Gasteiger partial charge in [0.15, 0.2) is 0 Å². The summed E-state index contributed by atoms with van der Waals surface area (Å²) in [6.07, 6.45) is 3.61. The number of aliphatic hydroxyl groups excluding tert-OH is 1. The van der Waals surface area contributed by atoms with Crippen molar-refractivity contribution in [3.8, 4) is 22.9 Å². The quantitative estimate of drug-likeness (QED) is 0.288. The second-order valence-corrected chi connectivity index (χ2v) is 9.15. The Bertz CT molecular complexity index is 1060. The molecule has 1 fully saturated rings. The maximum atomic E-state index is 10.6. The highest BCUT2D eigenvalue weighted by atomic mass is 16.5. The van der Waals surface area contributed by atoms with Gasteiger partial charge in [0, 0.05) is 32.2 Å². The van der Waals surface area contributed by atoms with Gasteiger partial charge in [-0.25, -0.2) is 4.68 Å². The van der Waals surface area contributed by atoms with E-state index in [2.05, 4.69) is 30.5 Å². The lowest BCUT2D eigenvalue weighted by molar-refractivity contribution is 0.0235. The maximum Gasteiger partial charge on any atom is 0.222 e. The summed E-state index contributed by atoms with van der Waals surface area (Å²) in [5.74, 6) is 2.18. The van der Waals surface area contributed by atoms with Gasteiger partial charge in [-0.1, -0.05) is 54.1 Å². The standard InChI is InChI=1S/C28H35N3O3/c1-4-16-33-20-24(32)18-31(17-22-12-13-22)19-26-27(23-8-6-5-7-9-23)29-30(3)28(26)34-25-14-10-21(2)11-15-25/h4-11,14-15,22,24,32H,1,12-13,16-20H2,2-3H3. The van der Waals surface area contributed by atoms with E-state index in [-0.39, 0.29) is 0 Å². The van der Waals surface area contributed by atoms with Gasteiger partial charge in [0.1, 0.15) is 11.4 Å². The molecule has 0 amide bonds. The zero-order valence-corrected chi connectivity index (χ0v) is 20.2. The van der Waals surface area contributed by atoms with Gasteiger partial charge in [-0.05, 0) is 37.8 Å². The van der Waals surface area contributed by atoms with E-state index in [1.807, 2.05) is 54.2 Å². The summed E-state index contributed by atoms with van der Waals surface area (Å²) < 4.78 is 13.7. The molecule has 3 aromatic rings. The topological polar surface area (TPSA) is 59.8 Å². The molecule has 180 valence electrons. The molecular weight excluding hydrogens is 426 g/mol. The van der Waals surface area contributed by atoms with Gasteiger partial charge in [-0.3, -0.25) is 4.90 Å². The molecule has 0 spiro atoms. The highest BCUT2D eigenvalue weighted by molar-refractivity contribution is 5.65. The van der Waals surface area contributed by atoms with Crippen LogP contribution in [-0.4, -0.2) is 52.2 Å². The fraction of sp³-hybridized carbons (Fsp3) is 0.393. The molecule has 4 rings (SSSR count). The highest BCUT2D eigenvalue weighted by Gasteiger charge is 2.28. The number of benzene rings is 2. The van der Waals surface area contributed by atoms with Crippen molar-refractivity contribution in [1.29, 1.82) is 0 Å². The van der Waals surface area contributed by atoms with Crippen LogP contribution in [-0.2, 0) is 18.3 Å². The van der Waals surface area contributed by atoms with Gasteiger partial charge in [0.05, 0.1) is 24.9 Å². The summed E-state index contributed by atoms with van der Waals surface area (Å²) in [6, 6.07) is 18.3. The first-order valence-corrected chi connectivity index (χ1v) is 12.0. The molecule has 1 aromatic heterocycles. The van der Waals surface area contributed by atoms with E-state index >= 15 is 0 Å². The van der Waals surface area contributed by atoms with E-state index < -0.39 is 6.10 Å². The molecule has 0 radical (unpaired) electrons. The highest BCUT2D eigenvalue weighted by Crippen LogP contribution is 2.36. The molecule has 1 saturated carbocycles. The minimum absolute atomic E-state index is 0.290. The van der Waals surface area contributed by atoms with E-state index in [4.69, 9.17) is 14.6 Å². The zero-order valence-electron chi connectivity index (χ0n) is 20.2. The van der Waals surface area contributed by atoms with Gasteiger partial charge in [-0.2, -0.15) is 5.10 Å². The van der Waals surface area contributed by atoms with Crippen molar-refractivity contribution >= 4 is 0 Å². The SMILES string of the molecule is C=CCOCC(O)CN(Cc1c(-c2ccccc2)nn(C)c1Oc1ccc(C)cc1)CC1CC1. The Hall–Kier alpha value is -2.93. The number of hydrogen-bond donors (Lipinski definition) is 1. The Morgan fingerprint density at radius 3 is 2.59 bits per heavy atom. The molecule has 6 nitrogen and oxygen atoms in total. The van der Waals surface area contributed by atoms with Crippen molar-refractivity contribution < 1.29 is 14.6 Å². The molecule has 1 heterocycles. The van der Waals surface area contributed by atoms with Crippen LogP contribution in [0.2, 0.25) is 0 Å². The lowest BCUT2D eigenvalue weighted by atomic mass is 10.1. The van der Waals surface area contributed by atoms with E-state index in [1.165, 1.54) is 18.4 Å². The Kier molecular flexibility index (Phi) is 8.16. The van der Waals surface area contributed by atoms with Crippen molar-refractivity contribution in [2.24, 2.45) is 13.0 Å². The van der Waals surface area contributed by atoms with Crippen molar-refractivity contribution in [3.05, 3.63) is 78.4 Å². The van der Waals surface area contributed by atoms with Crippen LogP contribution >= 0.6 is 0 Å². The van der Waals surface area contributed by atoms with Crippen LogP contribution in [0.1, 0.15) is 24.0 Å². The Morgan fingerprint density at radius 1 is 1.18 bits per heavy atom. The van der Waals surface area contributed by atoms with E-state index in [1.54, 1.807) is 6.08 Å². The first kappa shape index (κ1) is 24.2. The average Bonchev–Trinajstić information content (AvgIpc) is 3.60. The number of hydrogen-bond acceptors (Lipinski definition) is 5. The van der Waals surface area contributed by atoms with Crippen molar-refractivity contribution in [1.82, 2.24) is 14.7 Å². The summed E-state index contributed by atoms with van der Waals surface area (Å²) in [5.41, 5.74) is 4.16. The second kappa shape index (κ2) is 11.5. The van der Waals surface area contributed by atoms with Crippen molar-refractivity contribution in [2.45, 2.75) is 32.4 Å². The summed E-state index contributed by atoms with van der Waals surface area (Å²) in [6.45, 7) is 8.56. The molecule has 2 aromatic carbocycles. The minimum Gasteiger partial charge on any atom is -0.439 e. The smallest absolute Gasteiger partial charge is 0.222 e. The fourth-order valence-corrected chi connectivity index (χ4v) is 4.10. The van der Waals surface area contributed by atoms with Crippen LogP contribution in [0, 0.1) is 12.8 Å². The molecule has 0 aliphatic heterocycles. The number of rotatable bonds is 13. The number of aromatic nitrogens is 2. The van der Waals surface area contributed by atoms with E-state index in [9.17, 15) is 5.11 Å². The third-order valence-electron chi connectivity index (χ3n) is 5.98. The van der Waals surface area contributed by atoms with Crippen LogP contribution in [0.4, 0.5) is 0 Å². The van der Waals surface area contributed by atoms with Crippen LogP contribution in [0.25, 0.3) is 11.3 Å². The number of aryl methyl sites for hydroxylation is 2. The monoisotopic (exact) mass is 461 g/mol. The summed E-state index contributed by atoms with van der Waals surface area (Å²) in [5, 5.41) is 15.5. The third kappa shape index (κ3) is 6.56. The third-order valence-corrected chi connectivity index (χ3v) is 5.98. The minimum atomic E-state index is -0.572. The molecule has 6 heteroatoms. The molecular formula is C28H35N3O3. The number of aliphatic hydroxyl groups is 1. The first-order chi connectivity index (χ1) is 16.5. The van der Waals surface area contributed by atoms with Gasteiger partial charge >= 0.3 is 0 Å².